The van der Waals surface area contributed by atoms with Gasteiger partial charge in [0, 0.05) is 22.5 Å². The van der Waals surface area contributed by atoms with Gasteiger partial charge in [-0.15, -0.1) is 0 Å². The fourth-order valence-corrected chi connectivity index (χ4v) is 1.70. The van der Waals surface area contributed by atoms with Crippen LogP contribution in [0, 0.1) is 10.1 Å². The first-order chi connectivity index (χ1) is 7.95. The van der Waals surface area contributed by atoms with E-state index < -0.39 is 16.9 Å². The lowest BCUT2D eigenvalue weighted by atomic mass is 10.0. The fourth-order valence-electron chi connectivity index (χ4n) is 1.35. The van der Waals surface area contributed by atoms with Crippen LogP contribution in [0.15, 0.2) is 22.7 Å². The Morgan fingerprint density at radius 3 is 2.82 bits per heavy atom. The van der Waals surface area contributed by atoms with Gasteiger partial charge in [-0.25, -0.2) is 0 Å². The van der Waals surface area contributed by atoms with Crippen molar-refractivity contribution in [1.29, 1.82) is 0 Å². The molecule has 7 heteroatoms. The van der Waals surface area contributed by atoms with Crippen LogP contribution in [0.5, 0.6) is 0 Å². The predicted molar refractivity (Wildman–Crippen MR) is 64.5 cm³/mol. The summed E-state index contributed by atoms with van der Waals surface area (Å²) in [5.74, 6) is -0.595. The molecule has 0 aliphatic heterocycles. The summed E-state index contributed by atoms with van der Waals surface area (Å²) in [6.07, 6.45) is 0.0657. The Balaban J connectivity index is 2.98. The average Bonchev–Trinajstić information content (AvgIpc) is 2.29. The van der Waals surface area contributed by atoms with Gasteiger partial charge in [-0.1, -0.05) is 22.0 Å². The smallest absolute Gasteiger partial charge is 0.322 e. The first kappa shape index (κ1) is 13.6. The Bertz CT molecular complexity index is 450. The molecule has 1 unspecified atom stereocenters. The number of carbonyl (C=O) groups excluding carboxylic acids is 1. The molecule has 0 heterocycles. The first-order valence-corrected chi connectivity index (χ1v) is 5.51. The molecule has 1 aromatic carbocycles. The van der Waals surface area contributed by atoms with Crippen molar-refractivity contribution in [2.45, 2.75) is 12.5 Å². The number of rotatable bonds is 4. The summed E-state index contributed by atoms with van der Waals surface area (Å²) < 4.78 is 5.06. The van der Waals surface area contributed by atoms with Crippen LogP contribution in [0.4, 0.5) is 5.69 Å². The highest BCUT2D eigenvalue weighted by Crippen LogP contribution is 2.24. The van der Waals surface area contributed by atoms with Crippen molar-refractivity contribution in [3.63, 3.8) is 0 Å². The summed E-state index contributed by atoms with van der Waals surface area (Å²) in [6.45, 7) is 0. The zero-order valence-corrected chi connectivity index (χ0v) is 10.6. The van der Waals surface area contributed by atoms with Crippen molar-refractivity contribution in [2.24, 2.45) is 5.73 Å². The molecule has 0 fully saturated rings. The number of hydrogen-bond donors (Lipinski definition) is 1. The van der Waals surface area contributed by atoms with E-state index in [4.69, 9.17) is 5.73 Å². The molecule has 0 aromatic heterocycles. The van der Waals surface area contributed by atoms with E-state index in [1.54, 1.807) is 12.1 Å². The monoisotopic (exact) mass is 302 g/mol. The highest BCUT2D eigenvalue weighted by atomic mass is 79.9. The largest absolute Gasteiger partial charge is 0.468 e. The van der Waals surface area contributed by atoms with E-state index >= 15 is 0 Å². The van der Waals surface area contributed by atoms with Gasteiger partial charge >= 0.3 is 5.97 Å². The third kappa shape index (κ3) is 3.50. The number of nitrogens with two attached hydrogens (primary N) is 1. The maximum Gasteiger partial charge on any atom is 0.322 e. The lowest BCUT2D eigenvalue weighted by Crippen LogP contribution is -2.33. The standard InChI is InChI=1S/C10H11BrN2O4/c1-17-10(14)8(12)4-6-2-3-7(11)5-9(6)13(15)16/h2-3,5,8H,4,12H2,1H3. The van der Waals surface area contributed by atoms with Gasteiger partial charge in [0.25, 0.3) is 5.69 Å². The molecule has 0 saturated heterocycles. The van der Waals surface area contributed by atoms with E-state index in [1.807, 2.05) is 0 Å². The van der Waals surface area contributed by atoms with Crippen LogP contribution in [0.2, 0.25) is 0 Å². The van der Waals surface area contributed by atoms with Gasteiger partial charge in [0.2, 0.25) is 0 Å². The molecule has 2 N–H and O–H groups in total. The average molecular weight is 303 g/mol. The number of esters is 1. The minimum absolute atomic E-state index is 0.0657. The lowest BCUT2D eigenvalue weighted by molar-refractivity contribution is -0.385. The van der Waals surface area contributed by atoms with Crippen LogP contribution < -0.4 is 5.73 Å². The molecule has 0 spiro atoms. The van der Waals surface area contributed by atoms with Gasteiger partial charge in [-0.3, -0.25) is 14.9 Å². The lowest BCUT2D eigenvalue weighted by Gasteiger charge is -2.09. The Morgan fingerprint density at radius 1 is 1.65 bits per heavy atom. The van der Waals surface area contributed by atoms with Crippen molar-refractivity contribution in [2.75, 3.05) is 7.11 Å². The molecular weight excluding hydrogens is 292 g/mol. The second kappa shape index (κ2) is 5.74. The molecule has 0 bridgehead atoms. The van der Waals surface area contributed by atoms with Crippen LogP contribution in [0.3, 0.4) is 0 Å². The van der Waals surface area contributed by atoms with Crippen LogP contribution in [-0.2, 0) is 16.0 Å². The summed E-state index contributed by atoms with van der Waals surface area (Å²) in [5.41, 5.74) is 5.89. The Morgan fingerprint density at radius 2 is 2.29 bits per heavy atom. The topological polar surface area (TPSA) is 95.5 Å². The predicted octanol–water partition coefficient (Wildman–Crippen LogP) is 1.40. The maximum absolute atomic E-state index is 11.1. The number of ether oxygens (including phenoxy) is 1. The van der Waals surface area contributed by atoms with Crippen molar-refractivity contribution in [3.8, 4) is 0 Å². The number of halogens is 1. The van der Waals surface area contributed by atoms with Crippen molar-refractivity contribution < 1.29 is 14.5 Å². The number of benzene rings is 1. The van der Waals surface area contributed by atoms with Gasteiger partial charge in [-0.2, -0.15) is 0 Å². The summed E-state index contributed by atoms with van der Waals surface area (Å²) in [7, 11) is 1.22. The molecule has 0 radical (unpaired) electrons. The molecule has 1 atom stereocenters. The third-order valence-corrected chi connectivity index (χ3v) is 2.68. The Kier molecular flexibility index (Phi) is 4.59. The van der Waals surface area contributed by atoms with E-state index in [0.29, 0.717) is 10.0 Å². The van der Waals surface area contributed by atoms with Gasteiger partial charge in [0.05, 0.1) is 12.0 Å². The molecule has 0 saturated carbocycles. The second-order valence-electron chi connectivity index (χ2n) is 3.36. The number of nitro groups is 1. The molecule has 1 aromatic rings. The molecule has 6 nitrogen and oxygen atoms in total. The van der Waals surface area contributed by atoms with Crippen molar-refractivity contribution in [3.05, 3.63) is 38.3 Å². The molecule has 0 aliphatic carbocycles. The highest BCUT2D eigenvalue weighted by Gasteiger charge is 2.20. The number of carbonyl (C=O) groups is 1. The first-order valence-electron chi connectivity index (χ1n) is 4.72. The number of methoxy groups -OCH3 is 1. The summed E-state index contributed by atoms with van der Waals surface area (Å²) >= 11 is 3.15. The molecular formula is C10H11BrN2O4. The van der Waals surface area contributed by atoms with Gasteiger partial charge in [-0.05, 0) is 6.07 Å². The second-order valence-corrected chi connectivity index (χ2v) is 4.28. The normalized spacial score (nSPS) is 11.9. The van der Waals surface area contributed by atoms with Gasteiger partial charge in [0.1, 0.15) is 6.04 Å². The maximum atomic E-state index is 11.1. The SMILES string of the molecule is COC(=O)C(N)Cc1ccc(Br)cc1[N+](=O)[O-]. The van der Waals surface area contributed by atoms with Gasteiger partial charge < -0.3 is 10.5 Å². The van der Waals surface area contributed by atoms with Crippen molar-refractivity contribution in [1.82, 2.24) is 0 Å². The Labute approximate surface area is 106 Å². The summed E-state index contributed by atoms with van der Waals surface area (Å²) in [5, 5.41) is 10.8. The Hall–Kier alpha value is -1.47. The van der Waals surface area contributed by atoms with E-state index in [9.17, 15) is 14.9 Å². The minimum atomic E-state index is -0.903. The zero-order chi connectivity index (χ0) is 13.0. The highest BCUT2D eigenvalue weighted by molar-refractivity contribution is 9.10. The number of nitro benzene ring substituents is 1. The van der Waals surface area contributed by atoms with Gasteiger partial charge in [0.15, 0.2) is 0 Å². The third-order valence-electron chi connectivity index (χ3n) is 2.19. The molecule has 17 heavy (non-hydrogen) atoms. The van der Waals surface area contributed by atoms with E-state index in [2.05, 4.69) is 20.7 Å². The molecule has 0 amide bonds. The summed E-state index contributed by atoms with van der Waals surface area (Å²) in [6, 6.07) is 3.69. The van der Waals surface area contributed by atoms with Crippen LogP contribution in [-0.4, -0.2) is 24.0 Å². The van der Waals surface area contributed by atoms with Crippen LogP contribution in [0.25, 0.3) is 0 Å². The zero-order valence-electron chi connectivity index (χ0n) is 9.05. The number of nitrogens with zero attached hydrogens (tertiary/aromatic N) is 1. The van der Waals surface area contributed by atoms with Crippen LogP contribution >= 0.6 is 15.9 Å². The van der Waals surface area contributed by atoms with E-state index in [1.165, 1.54) is 13.2 Å². The molecule has 1 rings (SSSR count). The molecule has 0 aliphatic rings. The fraction of sp³-hybridized carbons (Fsp3) is 0.300. The minimum Gasteiger partial charge on any atom is -0.468 e. The van der Waals surface area contributed by atoms with E-state index in [-0.39, 0.29) is 12.1 Å². The van der Waals surface area contributed by atoms with Crippen molar-refractivity contribution >= 4 is 27.6 Å². The summed E-state index contributed by atoms with van der Waals surface area (Å²) in [4.78, 5) is 21.5. The van der Waals surface area contributed by atoms with E-state index in [0.717, 1.165) is 0 Å². The van der Waals surface area contributed by atoms with Crippen LogP contribution in [0.1, 0.15) is 5.56 Å². The number of hydrogen-bond acceptors (Lipinski definition) is 5. The quantitative estimate of drug-likeness (QED) is 0.515. The molecule has 92 valence electrons.